The molecule has 22 heavy (non-hydrogen) atoms. The van der Waals surface area contributed by atoms with Crippen molar-refractivity contribution in [2.24, 2.45) is 0 Å². The minimum Gasteiger partial charge on any atom is -0.492 e. The van der Waals surface area contributed by atoms with E-state index in [-0.39, 0.29) is 0 Å². The van der Waals surface area contributed by atoms with E-state index in [1.165, 1.54) is 16.9 Å². The molecule has 1 aromatic carbocycles. The van der Waals surface area contributed by atoms with Crippen molar-refractivity contribution in [3.8, 4) is 16.9 Å². The number of hydrogen-bond donors (Lipinski definition) is 2. The summed E-state index contributed by atoms with van der Waals surface area (Å²) in [5.41, 5.74) is 11.1. The van der Waals surface area contributed by atoms with E-state index < -0.39 is 0 Å². The molecule has 2 aromatic heterocycles. The summed E-state index contributed by atoms with van der Waals surface area (Å²) >= 11 is 1.41. The van der Waals surface area contributed by atoms with E-state index in [0.717, 1.165) is 45.9 Å². The Labute approximate surface area is 132 Å². The van der Waals surface area contributed by atoms with E-state index in [1.54, 1.807) is 0 Å². The van der Waals surface area contributed by atoms with E-state index >= 15 is 0 Å². The summed E-state index contributed by atoms with van der Waals surface area (Å²) in [5, 5.41) is 3.93. The third-order valence-electron chi connectivity index (χ3n) is 3.79. The largest absolute Gasteiger partial charge is 0.492 e. The summed E-state index contributed by atoms with van der Waals surface area (Å²) in [6.45, 7) is 4.48. The highest BCUT2D eigenvalue weighted by atomic mass is 32.1. The molecule has 0 unspecified atom stereocenters. The maximum absolute atomic E-state index is 5.84. The second kappa shape index (κ2) is 5.23. The Balaban J connectivity index is 1.83. The summed E-state index contributed by atoms with van der Waals surface area (Å²) in [6, 6.07) is 6.35. The zero-order chi connectivity index (χ0) is 15.1. The van der Waals surface area contributed by atoms with Gasteiger partial charge in [0.1, 0.15) is 22.7 Å². The molecule has 112 valence electrons. The van der Waals surface area contributed by atoms with Gasteiger partial charge < -0.3 is 15.8 Å². The third-order valence-corrected chi connectivity index (χ3v) is 4.60. The Morgan fingerprint density at radius 2 is 2.18 bits per heavy atom. The number of pyridine rings is 1. The molecule has 0 aliphatic carbocycles. The monoisotopic (exact) mass is 312 g/mol. The van der Waals surface area contributed by atoms with Gasteiger partial charge in [0.05, 0.1) is 0 Å². The molecule has 0 saturated carbocycles. The lowest BCUT2D eigenvalue weighted by Gasteiger charge is -2.12. The smallest absolute Gasteiger partial charge is 0.182 e. The molecule has 1 aliphatic rings. The summed E-state index contributed by atoms with van der Waals surface area (Å²) in [4.78, 5) is 9.66. The molecule has 3 heterocycles. The molecular formula is C16H16N4OS. The van der Waals surface area contributed by atoms with Crippen molar-refractivity contribution in [3.05, 3.63) is 35.5 Å². The number of nitrogens with two attached hydrogens (primary N) is 1. The number of aryl methyl sites for hydroxylation is 1. The number of nitrogens with one attached hydrogen (secondary N) is 1. The second-order valence-electron chi connectivity index (χ2n) is 5.41. The van der Waals surface area contributed by atoms with Crippen LogP contribution in [-0.2, 0) is 6.54 Å². The van der Waals surface area contributed by atoms with Gasteiger partial charge in [0, 0.05) is 30.4 Å². The van der Waals surface area contributed by atoms with Crippen molar-refractivity contribution in [2.75, 3.05) is 18.9 Å². The van der Waals surface area contributed by atoms with Gasteiger partial charge in [-0.3, -0.25) is 0 Å². The van der Waals surface area contributed by atoms with Crippen LogP contribution in [0.3, 0.4) is 0 Å². The average Bonchev–Trinajstić information content (AvgIpc) is 2.71. The fourth-order valence-electron chi connectivity index (χ4n) is 2.80. The Morgan fingerprint density at radius 3 is 3.09 bits per heavy atom. The third kappa shape index (κ3) is 2.30. The molecule has 3 N–H and O–H groups in total. The van der Waals surface area contributed by atoms with Crippen LogP contribution in [0.4, 0.5) is 5.13 Å². The van der Waals surface area contributed by atoms with Crippen LogP contribution >= 0.6 is 11.3 Å². The highest BCUT2D eigenvalue weighted by Crippen LogP contribution is 2.33. The maximum Gasteiger partial charge on any atom is 0.182 e. The quantitative estimate of drug-likeness (QED) is 0.723. The predicted molar refractivity (Wildman–Crippen MR) is 89.2 cm³/mol. The van der Waals surface area contributed by atoms with Gasteiger partial charge in [-0.15, -0.1) is 0 Å². The van der Waals surface area contributed by atoms with E-state index in [9.17, 15) is 0 Å². The summed E-state index contributed by atoms with van der Waals surface area (Å²) in [5.74, 6) is 1.00. The first-order chi connectivity index (χ1) is 10.7. The SMILES string of the molecule is Cc1cc(-c2cnc3sc(N)nc3c2)cc2c1OCCNC2. The van der Waals surface area contributed by atoms with Crippen LogP contribution < -0.4 is 15.8 Å². The van der Waals surface area contributed by atoms with Crippen molar-refractivity contribution in [1.29, 1.82) is 0 Å². The lowest BCUT2D eigenvalue weighted by Crippen LogP contribution is -2.16. The standard InChI is InChI=1S/C16H16N4OS/c1-9-4-10(5-12-7-18-2-3-21-14(9)12)11-6-13-15(19-8-11)22-16(17)20-13/h4-6,8,18H,2-3,7H2,1H3,(H2,17,20). The van der Waals surface area contributed by atoms with Crippen LogP contribution in [0.2, 0.25) is 0 Å². The van der Waals surface area contributed by atoms with E-state index in [1.807, 2.05) is 12.3 Å². The molecule has 0 spiro atoms. The first kappa shape index (κ1) is 13.5. The normalized spacial score (nSPS) is 14.4. The average molecular weight is 312 g/mol. The number of hydrogen-bond acceptors (Lipinski definition) is 6. The minimum absolute atomic E-state index is 0.551. The number of fused-ring (bicyclic) bond motifs is 2. The maximum atomic E-state index is 5.84. The van der Waals surface area contributed by atoms with Crippen molar-refractivity contribution in [1.82, 2.24) is 15.3 Å². The van der Waals surface area contributed by atoms with E-state index in [4.69, 9.17) is 10.5 Å². The molecule has 0 radical (unpaired) electrons. The second-order valence-corrected chi connectivity index (χ2v) is 6.42. The molecule has 3 aromatic rings. The van der Waals surface area contributed by atoms with Crippen LogP contribution in [0, 0.1) is 6.92 Å². The summed E-state index contributed by atoms with van der Waals surface area (Å²) in [6.07, 6.45) is 1.88. The van der Waals surface area contributed by atoms with Crippen molar-refractivity contribution < 1.29 is 4.74 Å². The van der Waals surface area contributed by atoms with Gasteiger partial charge in [-0.1, -0.05) is 11.3 Å². The molecule has 6 heteroatoms. The number of anilines is 1. The molecule has 0 atom stereocenters. The van der Waals surface area contributed by atoms with Crippen molar-refractivity contribution in [2.45, 2.75) is 13.5 Å². The minimum atomic E-state index is 0.551. The first-order valence-electron chi connectivity index (χ1n) is 7.20. The fraction of sp³-hybridized carbons (Fsp3) is 0.250. The number of nitrogen functional groups attached to an aromatic ring is 1. The summed E-state index contributed by atoms with van der Waals surface area (Å²) in [7, 11) is 0. The highest BCUT2D eigenvalue weighted by Gasteiger charge is 2.14. The zero-order valence-electron chi connectivity index (χ0n) is 12.2. The Bertz CT molecular complexity index is 859. The van der Waals surface area contributed by atoms with Crippen LogP contribution in [-0.4, -0.2) is 23.1 Å². The first-order valence-corrected chi connectivity index (χ1v) is 8.02. The highest BCUT2D eigenvalue weighted by molar-refractivity contribution is 7.21. The van der Waals surface area contributed by atoms with Crippen molar-refractivity contribution in [3.63, 3.8) is 0 Å². The number of benzene rings is 1. The molecule has 0 amide bonds. The number of rotatable bonds is 1. The number of aromatic nitrogens is 2. The van der Waals surface area contributed by atoms with Crippen LogP contribution in [0.25, 0.3) is 21.5 Å². The molecular weight excluding hydrogens is 296 g/mol. The number of thiazole rings is 1. The lowest BCUT2D eigenvalue weighted by atomic mass is 10.00. The van der Waals surface area contributed by atoms with Gasteiger partial charge in [-0.05, 0) is 36.2 Å². The Hall–Kier alpha value is -2.18. The Kier molecular flexibility index (Phi) is 3.20. The van der Waals surface area contributed by atoms with Crippen molar-refractivity contribution >= 4 is 26.8 Å². The molecule has 0 bridgehead atoms. The van der Waals surface area contributed by atoms with Gasteiger partial charge in [0.2, 0.25) is 0 Å². The molecule has 5 nitrogen and oxygen atoms in total. The van der Waals surface area contributed by atoms with E-state index in [2.05, 4.69) is 34.3 Å². The van der Waals surface area contributed by atoms with E-state index in [0.29, 0.717) is 11.7 Å². The lowest BCUT2D eigenvalue weighted by molar-refractivity contribution is 0.323. The number of ether oxygens (including phenoxy) is 1. The van der Waals surface area contributed by atoms with Gasteiger partial charge in [0.15, 0.2) is 5.13 Å². The van der Waals surface area contributed by atoms with Gasteiger partial charge >= 0.3 is 0 Å². The fourth-order valence-corrected chi connectivity index (χ4v) is 3.45. The molecule has 4 rings (SSSR count). The number of nitrogens with zero attached hydrogens (tertiary/aromatic N) is 2. The Morgan fingerprint density at radius 1 is 1.27 bits per heavy atom. The van der Waals surface area contributed by atoms with Crippen LogP contribution in [0.15, 0.2) is 24.4 Å². The molecule has 0 fully saturated rings. The molecule has 0 saturated heterocycles. The molecule has 1 aliphatic heterocycles. The summed E-state index contributed by atoms with van der Waals surface area (Å²) < 4.78 is 5.84. The zero-order valence-corrected chi connectivity index (χ0v) is 13.0. The van der Waals surface area contributed by atoms with Gasteiger partial charge in [0.25, 0.3) is 0 Å². The van der Waals surface area contributed by atoms with Crippen LogP contribution in [0.1, 0.15) is 11.1 Å². The topological polar surface area (TPSA) is 73.1 Å². The van der Waals surface area contributed by atoms with Crippen LogP contribution in [0.5, 0.6) is 5.75 Å². The predicted octanol–water partition coefficient (Wildman–Crippen LogP) is 2.73. The van der Waals surface area contributed by atoms with Gasteiger partial charge in [-0.2, -0.15) is 0 Å². The van der Waals surface area contributed by atoms with Gasteiger partial charge in [-0.25, -0.2) is 9.97 Å².